The van der Waals surface area contributed by atoms with Gasteiger partial charge in [-0.1, -0.05) is 97.1 Å². The summed E-state index contributed by atoms with van der Waals surface area (Å²) in [6.07, 6.45) is 2.50. The molecule has 4 aromatic rings. The molecular weight excluding hydrogens is 444 g/mol. The number of benzene rings is 4. The molecule has 0 atom stereocenters. The molecule has 36 heavy (non-hydrogen) atoms. The van der Waals surface area contributed by atoms with Gasteiger partial charge >= 0.3 is 0 Å². The van der Waals surface area contributed by atoms with E-state index >= 15 is 0 Å². The van der Waals surface area contributed by atoms with Crippen molar-refractivity contribution in [1.29, 1.82) is 0 Å². The Hall–Kier alpha value is -4.18. The summed E-state index contributed by atoms with van der Waals surface area (Å²) < 4.78 is 0. The molecule has 4 nitrogen and oxygen atoms in total. The molecule has 2 N–H and O–H groups in total. The predicted molar refractivity (Wildman–Crippen MR) is 144 cm³/mol. The van der Waals surface area contributed by atoms with Crippen LogP contribution in [0.1, 0.15) is 39.9 Å². The molecule has 5 rings (SSSR count). The number of aryl methyl sites for hydroxylation is 1. The molecule has 2 amide bonds. The number of nitrogens with one attached hydrogen (secondary N) is 2. The average Bonchev–Trinajstić information content (AvgIpc) is 3.23. The van der Waals surface area contributed by atoms with Crippen LogP contribution in [0.3, 0.4) is 0 Å². The molecule has 0 saturated carbocycles. The van der Waals surface area contributed by atoms with Crippen LogP contribution >= 0.6 is 0 Å². The Morgan fingerprint density at radius 1 is 0.611 bits per heavy atom. The molecule has 0 radical (unpaired) electrons. The zero-order valence-electron chi connectivity index (χ0n) is 20.2. The van der Waals surface area contributed by atoms with E-state index in [1.165, 1.54) is 5.56 Å². The number of amides is 2. The minimum Gasteiger partial charge on any atom is -0.353 e. The third kappa shape index (κ3) is 4.55. The summed E-state index contributed by atoms with van der Waals surface area (Å²) in [5, 5.41) is 6.06. The van der Waals surface area contributed by atoms with E-state index in [0.29, 0.717) is 25.1 Å². The molecule has 0 saturated heterocycles. The molecule has 4 heteroatoms. The van der Waals surface area contributed by atoms with Crippen molar-refractivity contribution in [1.82, 2.24) is 10.6 Å². The van der Waals surface area contributed by atoms with Crippen molar-refractivity contribution < 1.29 is 9.59 Å². The molecule has 0 unspecified atom stereocenters. The van der Waals surface area contributed by atoms with E-state index in [-0.39, 0.29) is 11.8 Å². The highest BCUT2D eigenvalue weighted by Gasteiger charge is 2.48. The first-order valence-corrected chi connectivity index (χ1v) is 12.5. The molecule has 0 aliphatic heterocycles. The van der Waals surface area contributed by atoms with Crippen molar-refractivity contribution in [2.75, 3.05) is 13.1 Å². The van der Waals surface area contributed by atoms with Gasteiger partial charge in [-0.15, -0.1) is 0 Å². The number of rotatable bonds is 9. The second kappa shape index (κ2) is 10.6. The Bertz CT molecular complexity index is 1300. The van der Waals surface area contributed by atoms with Crippen molar-refractivity contribution in [3.8, 4) is 11.1 Å². The molecule has 0 spiro atoms. The monoisotopic (exact) mass is 474 g/mol. The molecule has 0 fully saturated rings. The lowest BCUT2D eigenvalue weighted by molar-refractivity contribution is -0.125. The molecule has 0 heterocycles. The van der Waals surface area contributed by atoms with Crippen LogP contribution < -0.4 is 10.6 Å². The number of hydrogen-bond donors (Lipinski definition) is 2. The summed E-state index contributed by atoms with van der Waals surface area (Å²) in [5.74, 6) is -0.152. The van der Waals surface area contributed by atoms with Crippen LogP contribution in [-0.4, -0.2) is 24.9 Å². The van der Waals surface area contributed by atoms with Gasteiger partial charge in [0.15, 0.2) is 0 Å². The van der Waals surface area contributed by atoms with Gasteiger partial charge in [-0.25, -0.2) is 0 Å². The van der Waals surface area contributed by atoms with Crippen molar-refractivity contribution in [2.45, 2.75) is 24.7 Å². The summed E-state index contributed by atoms with van der Waals surface area (Å²) in [7, 11) is 0. The second-order valence-electron chi connectivity index (χ2n) is 9.21. The lowest BCUT2D eigenvalue weighted by atomic mass is 9.73. The fraction of sp³-hybridized carbons (Fsp3) is 0.188. The first-order chi connectivity index (χ1) is 17.7. The van der Waals surface area contributed by atoms with E-state index < -0.39 is 5.41 Å². The standard InChI is InChI=1S/C32H30N2O2/c35-30(25-15-5-2-6-16-25)33-22-23-34-31(36)32(21-11-14-24-12-3-1-4-13-24)28-19-9-7-17-26(28)27-18-8-10-20-29(27)32/h1-10,12-13,15-20H,11,14,21-23H2,(H,33,35)(H,34,36). The van der Waals surface area contributed by atoms with Gasteiger partial charge in [0.2, 0.25) is 5.91 Å². The van der Waals surface area contributed by atoms with Crippen LogP contribution in [0.15, 0.2) is 109 Å². The minimum atomic E-state index is -0.759. The van der Waals surface area contributed by atoms with E-state index in [0.717, 1.165) is 35.1 Å². The average molecular weight is 475 g/mol. The van der Waals surface area contributed by atoms with Crippen LogP contribution in [0.2, 0.25) is 0 Å². The third-order valence-electron chi connectivity index (χ3n) is 7.04. The first-order valence-electron chi connectivity index (χ1n) is 12.5. The first kappa shape index (κ1) is 23.6. The summed E-state index contributed by atoms with van der Waals surface area (Å²) in [5.41, 5.74) is 5.50. The Morgan fingerprint density at radius 3 is 1.78 bits per heavy atom. The van der Waals surface area contributed by atoms with Crippen LogP contribution in [0.4, 0.5) is 0 Å². The van der Waals surface area contributed by atoms with Crippen LogP contribution in [0.5, 0.6) is 0 Å². The zero-order chi connectivity index (χ0) is 24.8. The molecular formula is C32H30N2O2. The van der Waals surface area contributed by atoms with Crippen molar-refractivity contribution in [3.05, 3.63) is 131 Å². The lowest BCUT2D eigenvalue weighted by Gasteiger charge is -2.31. The second-order valence-corrected chi connectivity index (χ2v) is 9.21. The van der Waals surface area contributed by atoms with Crippen molar-refractivity contribution in [3.63, 3.8) is 0 Å². The van der Waals surface area contributed by atoms with Crippen LogP contribution in [0, 0.1) is 0 Å². The number of hydrogen-bond acceptors (Lipinski definition) is 2. The summed E-state index contributed by atoms with van der Waals surface area (Å²) in [6, 6.07) is 36.0. The molecule has 1 aliphatic rings. The molecule has 4 aromatic carbocycles. The maximum atomic E-state index is 14.0. The van der Waals surface area contributed by atoms with Gasteiger partial charge in [-0.3, -0.25) is 9.59 Å². The zero-order valence-corrected chi connectivity index (χ0v) is 20.2. The Balaban J connectivity index is 1.36. The largest absolute Gasteiger partial charge is 0.353 e. The van der Waals surface area contributed by atoms with Gasteiger partial charge in [0.1, 0.15) is 5.41 Å². The highest BCUT2D eigenvalue weighted by atomic mass is 16.2. The Labute approximate surface area is 212 Å². The SMILES string of the molecule is O=C(NCCNC(=O)C1(CCCc2ccccc2)c2ccccc2-c2ccccc21)c1ccccc1. The van der Waals surface area contributed by atoms with E-state index in [1.54, 1.807) is 12.1 Å². The van der Waals surface area contributed by atoms with E-state index in [1.807, 2.05) is 48.5 Å². The molecule has 180 valence electrons. The Morgan fingerprint density at radius 2 is 1.14 bits per heavy atom. The summed E-state index contributed by atoms with van der Waals surface area (Å²) >= 11 is 0. The summed E-state index contributed by atoms with van der Waals surface area (Å²) in [4.78, 5) is 26.4. The maximum Gasteiger partial charge on any atom is 0.251 e. The smallest absolute Gasteiger partial charge is 0.251 e. The fourth-order valence-corrected chi connectivity index (χ4v) is 5.35. The van der Waals surface area contributed by atoms with E-state index in [2.05, 4.69) is 59.2 Å². The van der Waals surface area contributed by atoms with Crippen LogP contribution in [0.25, 0.3) is 11.1 Å². The normalized spacial score (nSPS) is 12.9. The van der Waals surface area contributed by atoms with E-state index in [4.69, 9.17) is 0 Å². The highest BCUT2D eigenvalue weighted by Crippen LogP contribution is 2.51. The quantitative estimate of drug-likeness (QED) is 0.314. The maximum absolute atomic E-state index is 14.0. The summed E-state index contributed by atoms with van der Waals surface area (Å²) in [6.45, 7) is 0.727. The van der Waals surface area contributed by atoms with E-state index in [9.17, 15) is 9.59 Å². The fourth-order valence-electron chi connectivity index (χ4n) is 5.35. The van der Waals surface area contributed by atoms with Crippen molar-refractivity contribution >= 4 is 11.8 Å². The van der Waals surface area contributed by atoms with Gasteiger partial charge in [0.05, 0.1) is 0 Å². The number of carbonyl (C=O) groups excluding carboxylic acids is 2. The molecule has 0 aromatic heterocycles. The third-order valence-corrected chi connectivity index (χ3v) is 7.04. The lowest BCUT2D eigenvalue weighted by Crippen LogP contribution is -2.46. The van der Waals surface area contributed by atoms with Gasteiger partial charge in [0.25, 0.3) is 5.91 Å². The number of carbonyl (C=O) groups is 2. The van der Waals surface area contributed by atoms with Gasteiger partial charge in [-0.05, 0) is 59.2 Å². The Kier molecular flexibility index (Phi) is 6.94. The minimum absolute atomic E-state index is 0.0121. The van der Waals surface area contributed by atoms with Gasteiger partial charge < -0.3 is 10.6 Å². The van der Waals surface area contributed by atoms with Gasteiger partial charge in [-0.2, -0.15) is 0 Å². The molecule has 1 aliphatic carbocycles. The topological polar surface area (TPSA) is 58.2 Å². The highest BCUT2D eigenvalue weighted by molar-refractivity contribution is 6.00. The number of fused-ring (bicyclic) bond motifs is 3. The predicted octanol–water partition coefficient (Wildman–Crippen LogP) is 5.52. The van der Waals surface area contributed by atoms with Crippen LogP contribution in [-0.2, 0) is 16.6 Å². The van der Waals surface area contributed by atoms with Crippen molar-refractivity contribution in [2.24, 2.45) is 0 Å². The van der Waals surface area contributed by atoms with Gasteiger partial charge in [0, 0.05) is 18.7 Å². The molecule has 0 bridgehead atoms.